The van der Waals surface area contributed by atoms with Crippen LogP contribution in [0.25, 0.3) is 11.3 Å². The average Bonchev–Trinajstić information content (AvgIpc) is 2.61. The molecule has 0 atom stereocenters. The molecule has 0 radical (unpaired) electrons. The average molecular weight is 343 g/mol. The molecule has 0 aliphatic rings. The highest BCUT2D eigenvalue weighted by Crippen LogP contribution is 2.17. The van der Waals surface area contributed by atoms with Gasteiger partial charge >= 0.3 is 0 Å². The molecule has 2 N–H and O–H groups in total. The second kappa shape index (κ2) is 7.14. The van der Waals surface area contributed by atoms with Gasteiger partial charge in [-0.25, -0.2) is 0 Å². The number of hydrogen-bond donors (Lipinski definition) is 2. The molecule has 0 unspecified atom stereocenters. The molecule has 0 bridgehead atoms. The monoisotopic (exact) mass is 342 g/mol. The number of aromatic amines is 1. The van der Waals surface area contributed by atoms with E-state index >= 15 is 0 Å². The Morgan fingerprint density at radius 3 is 2.42 bits per heavy atom. The van der Waals surface area contributed by atoms with Crippen LogP contribution in [0.4, 0.5) is 5.95 Å². The first-order valence-electron chi connectivity index (χ1n) is 7.25. The number of benzene rings is 2. The van der Waals surface area contributed by atoms with Gasteiger partial charge in [-0.1, -0.05) is 23.7 Å². The minimum absolute atomic E-state index is 0.259. The van der Waals surface area contributed by atoms with Gasteiger partial charge in [0.15, 0.2) is 5.69 Å². The Bertz CT molecular complexity index is 876. The molecular weight excluding hydrogens is 328 g/mol. The number of halogens is 1. The molecule has 122 valence electrons. The first-order chi connectivity index (χ1) is 11.7. The number of hydrogen-bond acceptors (Lipinski definition) is 5. The van der Waals surface area contributed by atoms with Crippen LogP contribution in [0.3, 0.4) is 0 Å². The summed E-state index contributed by atoms with van der Waals surface area (Å²) in [6.07, 6.45) is 0. The van der Waals surface area contributed by atoms with Crippen LogP contribution >= 0.6 is 11.6 Å². The van der Waals surface area contributed by atoms with Gasteiger partial charge in [0, 0.05) is 17.1 Å². The van der Waals surface area contributed by atoms with E-state index in [9.17, 15) is 4.79 Å². The maximum atomic E-state index is 12.2. The molecule has 3 rings (SSSR count). The van der Waals surface area contributed by atoms with Crippen molar-refractivity contribution in [2.24, 2.45) is 0 Å². The molecule has 0 aliphatic carbocycles. The van der Waals surface area contributed by atoms with E-state index < -0.39 is 0 Å². The van der Waals surface area contributed by atoms with E-state index in [0.29, 0.717) is 28.8 Å². The highest BCUT2D eigenvalue weighted by atomic mass is 35.5. The lowest BCUT2D eigenvalue weighted by Crippen LogP contribution is -2.16. The predicted molar refractivity (Wildman–Crippen MR) is 93.4 cm³/mol. The summed E-state index contributed by atoms with van der Waals surface area (Å²) in [4.78, 5) is 14.9. The molecule has 1 aromatic heterocycles. The van der Waals surface area contributed by atoms with E-state index in [1.807, 2.05) is 12.1 Å². The molecular formula is C17H15ClN4O2. The molecule has 0 fully saturated rings. The van der Waals surface area contributed by atoms with E-state index in [2.05, 4.69) is 20.5 Å². The molecule has 3 aromatic rings. The number of rotatable bonds is 5. The lowest BCUT2D eigenvalue weighted by Gasteiger charge is -2.06. The Morgan fingerprint density at radius 2 is 1.79 bits per heavy atom. The van der Waals surface area contributed by atoms with Crippen molar-refractivity contribution in [3.8, 4) is 17.0 Å². The van der Waals surface area contributed by atoms with Crippen molar-refractivity contribution in [1.29, 1.82) is 0 Å². The predicted octanol–water partition coefficient (Wildman–Crippen LogP) is 3.11. The molecule has 0 saturated heterocycles. The van der Waals surface area contributed by atoms with Crippen molar-refractivity contribution in [1.82, 2.24) is 15.2 Å². The summed E-state index contributed by atoms with van der Waals surface area (Å²) < 4.78 is 5.10. The van der Waals surface area contributed by atoms with Crippen LogP contribution in [0.1, 0.15) is 5.56 Å². The van der Waals surface area contributed by atoms with Crippen molar-refractivity contribution in [2.45, 2.75) is 6.54 Å². The molecule has 0 spiro atoms. The second-order valence-electron chi connectivity index (χ2n) is 5.06. The van der Waals surface area contributed by atoms with Gasteiger partial charge in [-0.15, -0.1) is 10.2 Å². The van der Waals surface area contributed by atoms with Crippen LogP contribution in [0.15, 0.2) is 53.3 Å². The van der Waals surface area contributed by atoms with Crippen molar-refractivity contribution in [3.63, 3.8) is 0 Å². The molecule has 0 saturated carbocycles. The first-order valence-corrected chi connectivity index (χ1v) is 7.63. The lowest BCUT2D eigenvalue weighted by molar-refractivity contribution is 0.415. The van der Waals surface area contributed by atoms with Gasteiger partial charge in [0.25, 0.3) is 5.56 Å². The normalized spacial score (nSPS) is 10.4. The SMILES string of the molecule is COc1ccc(-c2nnc(NCc3ccc(Cl)cc3)[nH]c2=O)cc1. The highest BCUT2D eigenvalue weighted by Gasteiger charge is 2.08. The Hall–Kier alpha value is -2.86. The van der Waals surface area contributed by atoms with Crippen LogP contribution in [0.2, 0.25) is 5.02 Å². The van der Waals surface area contributed by atoms with Crippen molar-refractivity contribution >= 4 is 17.5 Å². The summed E-state index contributed by atoms with van der Waals surface area (Å²) in [5.41, 5.74) is 1.64. The zero-order valence-electron chi connectivity index (χ0n) is 12.9. The smallest absolute Gasteiger partial charge is 0.279 e. The molecule has 1 heterocycles. The number of ether oxygens (including phenoxy) is 1. The second-order valence-corrected chi connectivity index (χ2v) is 5.50. The van der Waals surface area contributed by atoms with Gasteiger partial charge in [-0.2, -0.15) is 0 Å². The highest BCUT2D eigenvalue weighted by molar-refractivity contribution is 6.30. The number of nitrogens with zero attached hydrogens (tertiary/aromatic N) is 2. The molecule has 0 aliphatic heterocycles. The first kappa shape index (κ1) is 16.0. The molecule has 6 nitrogen and oxygen atoms in total. The van der Waals surface area contributed by atoms with Crippen molar-refractivity contribution in [3.05, 3.63) is 69.5 Å². The minimum Gasteiger partial charge on any atom is -0.497 e. The summed E-state index contributed by atoms with van der Waals surface area (Å²) in [5, 5.41) is 11.7. The van der Waals surface area contributed by atoms with Gasteiger partial charge in [-0.05, 0) is 42.0 Å². The minimum atomic E-state index is -0.311. The summed E-state index contributed by atoms with van der Waals surface area (Å²) in [6.45, 7) is 0.504. The van der Waals surface area contributed by atoms with E-state index in [-0.39, 0.29) is 11.3 Å². The van der Waals surface area contributed by atoms with E-state index in [1.165, 1.54) is 0 Å². The molecule has 2 aromatic carbocycles. The summed E-state index contributed by atoms with van der Waals surface area (Å²) in [5.74, 6) is 1.02. The van der Waals surface area contributed by atoms with Crippen molar-refractivity contribution < 1.29 is 4.74 Å². The third-order valence-electron chi connectivity index (χ3n) is 3.43. The Labute approximate surface area is 143 Å². The van der Waals surface area contributed by atoms with Gasteiger partial charge in [-0.3, -0.25) is 9.78 Å². The summed E-state index contributed by atoms with van der Waals surface area (Å²) >= 11 is 5.85. The topological polar surface area (TPSA) is 79.9 Å². The van der Waals surface area contributed by atoms with Gasteiger partial charge < -0.3 is 10.1 Å². The standard InChI is InChI=1S/C17H15ClN4O2/c1-24-14-8-4-12(5-9-14)15-16(23)20-17(22-21-15)19-10-11-2-6-13(18)7-3-11/h2-9H,10H2,1H3,(H2,19,20,22,23). The van der Waals surface area contributed by atoms with Crippen molar-refractivity contribution in [2.75, 3.05) is 12.4 Å². The maximum Gasteiger partial charge on any atom is 0.279 e. The summed E-state index contributed by atoms with van der Waals surface area (Å²) in [6, 6.07) is 14.5. The molecule has 7 heteroatoms. The van der Waals surface area contributed by atoms with Gasteiger partial charge in [0.1, 0.15) is 5.75 Å². The van der Waals surface area contributed by atoms with Crippen LogP contribution in [0.5, 0.6) is 5.75 Å². The zero-order chi connectivity index (χ0) is 16.9. The van der Waals surface area contributed by atoms with Crippen LogP contribution in [-0.4, -0.2) is 22.3 Å². The lowest BCUT2D eigenvalue weighted by atomic mass is 10.1. The number of methoxy groups -OCH3 is 1. The van der Waals surface area contributed by atoms with Crippen LogP contribution in [-0.2, 0) is 6.54 Å². The van der Waals surface area contributed by atoms with Gasteiger partial charge in [0.2, 0.25) is 5.95 Å². The van der Waals surface area contributed by atoms with Gasteiger partial charge in [0.05, 0.1) is 7.11 Å². The van der Waals surface area contributed by atoms with E-state index in [0.717, 1.165) is 5.56 Å². The quantitative estimate of drug-likeness (QED) is 0.744. The Balaban J connectivity index is 1.74. The Morgan fingerprint density at radius 1 is 1.08 bits per heavy atom. The van der Waals surface area contributed by atoms with E-state index in [4.69, 9.17) is 16.3 Å². The molecule has 0 amide bonds. The van der Waals surface area contributed by atoms with Crippen LogP contribution < -0.4 is 15.6 Å². The van der Waals surface area contributed by atoms with Crippen LogP contribution in [0, 0.1) is 0 Å². The zero-order valence-corrected chi connectivity index (χ0v) is 13.7. The number of nitrogens with one attached hydrogen (secondary N) is 2. The number of H-pyrrole nitrogens is 1. The third-order valence-corrected chi connectivity index (χ3v) is 3.69. The van der Waals surface area contributed by atoms with E-state index in [1.54, 1.807) is 43.5 Å². The fourth-order valence-electron chi connectivity index (χ4n) is 2.14. The largest absolute Gasteiger partial charge is 0.497 e. The fraction of sp³-hybridized carbons (Fsp3) is 0.118. The fourth-order valence-corrected chi connectivity index (χ4v) is 2.27. The molecule has 24 heavy (non-hydrogen) atoms. The maximum absolute atomic E-state index is 12.2. The summed E-state index contributed by atoms with van der Waals surface area (Å²) in [7, 11) is 1.59. The number of anilines is 1. The number of aromatic nitrogens is 3. The Kier molecular flexibility index (Phi) is 4.77. The third kappa shape index (κ3) is 3.72.